The number of hydrogen-bond acceptors (Lipinski definition) is 2. The van der Waals surface area contributed by atoms with Crippen LogP contribution < -0.4 is 11.1 Å². The summed E-state index contributed by atoms with van der Waals surface area (Å²) in [6, 6.07) is 8.67. The Balaban J connectivity index is 2.78. The zero-order valence-corrected chi connectivity index (χ0v) is 11.7. The van der Waals surface area contributed by atoms with Gasteiger partial charge in [0.2, 0.25) is 0 Å². The van der Waals surface area contributed by atoms with Gasteiger partial charge in [-0.2, -0.15) is 0 Å². The van der Waals surface area contributed by atoms with Gasteiger partial charge in [0.15, 0.2) is 0 Å². The molecule has 17 heavy (non-hydrogen) atoms. The molecule has 0 aliphatic rings. The van der Waals surface area contributed by atoms with Crippen LogP contribution in [0.15, 0.2) is 24.3 Å². The molecule has 0 saturated carbocycles. The molecule has 2 nitrogen and oxygen atoms in total. The van der Waals surface area contributed by atoms with Gasteiger partial charge in [-0.15, -0.1) is 0 Å². The Kier molecular flexibility index (Phi) is 4.58. The topological polar surface area (TPSA) is 38.0 Å². The molecule has 1 aromatic rings. The van der Waals surface area contributed by atoms with E-state index < -0.39 is 0 Å². The van der Waals surface area contributed by atoms with Crippen LogP contribution in [-0.4, -0.2) is 12.6 Å². The summed E-state index contributed by atoms with van der Waals surface area (Å²) in [4.78, 5) is 0. The summed E-state index contributed by atoms with van der Waals surface area (Å²) >= 11 is 0. The van der Waals surface area contributed by atoms with Gasteiger partial charge in [0.05, 0.1) is 0 Å². The van der Waals surface area contributed by atoms with Gasteiger partial charge < -0.3 is 11.1 Å². The Bertz CT molecular complexity index is 350. The zero-order chi connectivity index (χ0) is 13.1. The lowest BCUT2D eigenvalue weighted by molar-refractivity contribution is 0.510. The lowest BCUT2D eigenvalue weighted by atomic mass is 9.86. The van der Waals surface area contributed by atoms with E-state index in [0.717, 1.165) is 6.54 Å². The molecule has 0 saturated heterocycles. The molecular formula is C15H26N2. The number of nitrogens with one attached hydrogen (secondary N) is 1. The Morgan fingerprint density at radius 2 is 1.76 bits per heavy atom. The Morgan fingerprint density at radius 1 is 1.18 bits per heavy atom. The third kappa shape index (κ3) is 4.04. The van der Waals surface area contributed by atoms with E-state index in [2.05, 4.69) is 64.2 Å². The highest BCUT2D eigenvalue weighted by Crippen LogP contribution is 2.29. The lowest BCUT2D eigenvalue weighted by Gasteiger charge is -2.25. The molecule has 1 aromatic carbocycles. The highest BCUT2D eigenvalue weighted by Gasteiger charge is 2.17. The summed E-state index contributed by atoms with van der Waals surface area (Å²) < 4.78 is 0. The van der Waals surface area contributed by atoms with Gasteiger partial charge in [-0.05, 0) is 23.0 Å². The van der Waals surface area contributed by atoms with Gasteiger partial charge in [0.25, 0.3) is 0 Å². The van der Waals surface area contributed by atoms with E-state index in [1.54, 1.807) is 0 Å². The molecule has 0 aliphatic carbocycles. The maximum atomic E-state index is 6.06. The minimum atomic E-state index is 0.158. The van der Waals surface area contributed by atoms with Crippen molar-refractivity contribution in [2.24, 2.45) is 11.7 Å². The van der Waals surface area contributed by atoms with Crippen molar-refractivity contribution in [2.75, 3.05) is 11.9 Å². The monoisotopic (exact) mass is 234 g/mol. The van der Waals surface area contributed by atoms with Crippen LogP contribution in [0.5, 0.6) is 0 Å². The molecule has 0 spiro atoms. The summed E-state index contributed by atoms with van der Waals surface area (Å²) in [7, 11) is 0. The molecule has 1 rings (SSSR count). The van der Waals surface area contributed by atoms with Crippen LogP contribution >= 0.6 is 0 Å². The maximum Gasteiger partial charge on any atom is 0.0378 e. The molecule has 0 amide bonds. The standard InChI is InChI=1S/C15H26N2/c1-11(2)13(16)10-17-14-9-7-6-8-12(14)15(3,4)5/h6-9,11,13,17H,10,16H2,1-5H3/t13-/m1/s1. The molecule has 1 atom stereocenters. The first-order valence-corrected chi connectivity index (χ1v) is 6.41. The van der Waals surface area contributed by atoms with Crippen LogP contribution in [0.2, 0.25) is 0 Å². The van der Waals surface area contributed by atoms with Crippen molar-refractivity contribution in [2.45, 2.75) is 46.1 Å². The van der Waals surface area contributed by atoms with E-state index in [4.69, 9.17) is 5.73 Å². The van der Waals surface area contributed by atoms with Crippen LogP contribution in [0.25, 0.3) is 0 Å². The number of rotatable bonds is 4. The fourth-order valence-electron chi connectivity index (χ4n) is 1.75. The fourth-order valence-corrected chi connectivity index (χ4v) is 1.75. The Labute approximate surface area is 106 Å². The number of nitrogens with two attached hydrogens (primary N) is 1. The molecule has 0 radical (unpaired) electrons. The van der Waals surface area contributed by atoms with E-state index in [9.17, 15) is 0 Å². The Morgan fingerprint density at radius 3 is 2.29 bits per heavy atom. The summed E-state index contributed by atoms with van der Waals surface area (Å²) in [5.74, 6) is 0.504. The van der Waals surface area contributed by atoms with Gasteiger partial charge in [-0.25, -0.2) is 0 Å². The van der Waals surface area contributed by atoms with Crippen molar-refractivity contribution in [1.82, 2.24) is 0 Å². The first kappa shape index (κ1) is 14.0. The normalized spacial score (nSPS) is 13.8. The van der Waals surface area contributed by atoms with Crippen molar-refractivity contribution in [1.29, 1.82) is 0 Å². The number of anilines is 1. The smallest absolute Gasteiger partial charge is 0.0378 e. The molecule has 0 fully saturated rings. The van der Waals surface area contributed by atoms with Crippen LogP contribution in [0, 0.1) is 5.92 Å². The first-order valence-electron chi connectivity index (χ1n) is 6.41. The van der Waals surface area contributed by atoms with E-state index in [1.807, 2.05) is 0 Å². The fraction of sp³-hybridized carbons (Fsp3) is 0.600. The second-order valence-electron chi connectivity index (χ2n) is 6.08. The van der Waals surface area contributed by atoms with Gasteiger partial charge in [0, 0.05) is 18.3 Å². The SMILES string of the molecule is CC(C)[C@H](N)CNc1ccccc1C(C)(C)C. The Hall–Kier alpha value is -1.02. The van der Waals surface area contributed by atoms with Crippen molar-refractivity contribution in [3.8, 4) is 0 Å². The number of hydrogen-bond donors (Lipinski definition) is 2. The molecule has 2 heteroatoms. The van der Waals surface area contributed by atoms with Crippen LogP contribution in [0.1, 0.15) is 40.2 Å². The third-order valence-corrected chi connectivity index (χ3v) is 3.12. The van der Waals surface area contributed by atoms with E-state index in [-0.39, 0.29) is 11.5 Å². The average Bonchev–Trinajstić information content (AvgIpc) is 2.24. The van der Waals surface area contributed by atoms with E-state index >= 15 is 0 Å². The summed E-state index contributed by atoms with van der Waals surface area (Å²) in [6.07, 6.45) is 0. The molecule has 0 aromatic heterocycles. The largest absolute Gasteiger partial charge is 0.383 e. The maximum absolute atomic E-state index is 6.06. The van der Waals surface area contributed by atoms with Gasteiger partial charge in [-0.1, -0.05) is 52.8 Å². The molecule has 0 aliphatic heterocycles. The van der Waals surface area contributed by atoms with Crippen molar-refractivity contribution >= 4 is 5.69 Å². The quantitative estimate of drug-likeness (QED) is 0.838. The molecule has 0 bridgehead atoms. The molecular weight excluding hydrogens is 208 g/mol. The predicted molar refractivity (Wildman–Crippen MR) is 76.4 cm³/mol. The van der Waals surface area contributed by atoms with E-state index in [1.165, 1.54) is 11.3 Å². The van der Waals surface area contributed by atoms with Crippen LogP contribution in [0.4, 0.5) is 5.69 Å². The molecule has 0 unspecified atom stereocenters. The van der Waals surface area contributed by atoms with E-state index in [0.29, 0.717) is 5.92 Å². The number of benzene rings is 1. The average molecular weight is 234 g/mol. The second-order valence-corrected chi connectivity index (χ2v) is 6.08. The zero-order valence-electron chi connectivity index (χ0n) is 11.7. The van der Waals surface area contributed by atoms with Crippen molar-refractivity contribution < 1.29 is 0 Å². The number of para-hydroxylation sites is 1. The van der Waals surface area contributed by atoms with Crippen molar-refractivity contribution in [3.63, 3.8) is 0 Å². The lowest BCUT2D eigenvalue weighted by Crippen LogP contribution is -2.34. The van der Waals surface area contributed by atoms with Gasteiger partial charge >= 0.3 is 0 Å². The van der Waals surface area contributed by atoms with Crippen LogP contribution in [-0.2, 0) is 5.41 Å². The first-order chi connectivity index (χ1) is 7.82. The third-order valence-electron chi connectivity index (χ3n) is 3.12. The second kappa shape index (κ2) is 5.54. The minimum Gasteiger partial charge on any atom is -0.383 e. The van der Waals surface area contributed by atoms with Crippen molar-refractivity contribution in [3.05, 3.63) is 29.8 Å². The van der Waals surface area contributed by atoms with Gasteiger partial charge in [-0.3, -0.25) is 0 Å². The summed E-state index contributed by atoms with van der Waals surface area (Å²) in [5.41, 5.74) is 8.77. The molecule has 0 heterocycles. The highest BCUT2D eigenvalue weighted by atomic mass is 14.9. The van der Waals surface area contributed by atoms with Crippen LogP contribution in [0.3, 0.4) is 0 Å². The molecule has 3 N–H and O–H groups in total. The molecule has 96 valence electrons. The highest BCUT2D eigenvalue weighted by molar-refractivity contribution is 5.54. The predicted octanol–water partition coefficient (Wildman–Crippen LogP) is 3.38. The summed E-state index contributed by atoms with van der Waals surface area (Å²) in [6.45, 7) is 11.8. The van der Waals surface area contributed by atoms with Gasteiger partial charge in [0.1, 0.15) is 0 Å². The summed E-state index contributed by atoms with van der Waals surface area (Å²) in [5, 5.41) is 3.48. The minimum absolute atomic E-state index is 0.158.